The Balaban J connectivity index is 3.56. The van der Waals surface area contributed by atoms with E-state index >= 15 is 0 Å². The molecule has 0 bridgehead atoms. The Morgan fingerprint density at radius 1 is 0.864 bits per heavy atom. The molecule has 0 aliphatic carbocycles. The number of unbranched alkanes of at least 4 members (excludes halogenated alkanes) is 9. The van der Waals surface area contributed by atoms with Crippen LogP contribution in [-0.4, -0.2) is 17.0 Å². The monoisotopic (exact) mass is 306 g/mol. The zero-order valence-electron chi connectivity index (χ0n) is 13.9. The van der Waals surface area contributed by atoms with Gasteiger partial charge < -0.3 is 5.11 Å². The maximum atomic E-state index is 10.8. The van der Waals surface area contributed by atoms with Gasteiger partial charge in [-0.15, -0.1) is 0 Å². The summed E-state index contributed by atoms with van der Waals surface area (Å²) in [5, 5.41) is 8.44. The van der Waals surface area contributed by atoms with Gasteiger partial charge >= 0.3 is 5.97 Å². The van der Waals surface area contributed by atoms with Gasteiger partial charge in [0.25, 0.3) is 0 Å². The summed E-state index contributed by atoms with van der Waals surface area (Å²) >= 11 is 0. The number of carbonyl (C=O) groups excluding carboxylic acids is 1. The lowest BCUT2D eigenvalue weighted by Crippen LogP contribution is -1.85. The van der Waals surface area contributed by atoms with Crippen LogP contribution in [-0.2, 0) is 9.59 Å². The van der Waals surface area contributed by atoms with Crippen molar-refractivity contribution in [2.45, 2.75) is 77.6 Å². The lowest BCUT2D eigenvalue weighted by molar-refractivity contribution is -0.131. The number of allylic oxidation sites excluding steroid dienone is 4. The number of aliphatic carboxylic acids is 1. The smallest absolute Gasteiger partial charge is 0.328 e. The van der Waals surface area contributed by atoms with E-state index in [0.717, 1.165) is 25.3 Å². The summed E-state index contributed by atoms with van der Waals surface area (Å²) in [6, 6.07) is 0. The molecule has 0 saturated carbocycles. The lowest BCUT2D eigenvalue weighted by atomic mass is 10.0. The minimum atomic E-state index is -0.990. The van der Waals surface area contributed by atoms with E-state index in [1.807, 2.05) is 5.94 Å². The van der Waals surface area contributed by atoms with Crippen molar-refractivity contribution < 1.29 is 14.7 Å². The van der Waals surface area contributed by atoms with Gasteiger partial charge in [-0.3, -0.25) is 0 Å². The highest BCUT2D eigenvalue weighted by atomic mass is 16.4. The summed E-state index contributed by atoms with van der Waals surface area (Å²) < 4.78 is 0. The standard InChI is InChI=1S/C19H30O3/c1-2-3-4-5-6-7-8-9-10-11-14-18(17-20)15-12-13-16-19(21)22/h12-13,15-16H,2-11,14H2,1H3,(H,21,22). The van der Waals surface area contributed by atoms with Crippen molar-refractivity contribution >= 4 is 11.9 Å². The molecule has 1 N–H and O–H groups in total. The van der Waals surface area contributed by atoms with Gasteiger partial charge in [-0.25, -0.2) is 9.59 Å². The van der Waals surface area contributed by atoms with Crippen molar-refractivity contribution in [3.63, 3.8) is 0 Å². The van der Waals surface area contributed by atoms with Gasteiger partial charge in [0.05, 0.1) is 0 Å². The summed E-state index contributed by atoms with van der Waals surface area (Å²) in [4.78, 5) is 21.1. The predicted octanol–water partition coefficient (Wildman–Crippen LogP) is 5.25. The van der Waals surface area contributed by atoms with E-state index in [1.165, 1.54) is 57.4 Å². The van der Waals surface area contributed by atoms with E-state index in [9.17, 15) is 9.59 Å². The molecule has 0 rings (SSSR count). The Morgan fingerprint density at radius 2 is 1.36 bits per heavy atom. The summed E-state index contributed by atoms with van der Waals surface area (Å²) in [5.41, 5.74) is 0.606. The van der Waals surface area contributed by atoms with E-state index in [4.69, 9.17) is 5.11 Å². The molecule has 0 atom stereocenters. The van der Waals surface area contributed by atoms with Crippen molar-refractivity contribution in [1.82, 2.24) is 0 Å². The molecule has 0 radical (unpaired) electrons. The molecular weight excluding hydrogens is 276 g/mol. The molecule has 0 aromatic carbocycles. The van der Waals surface area contributed by atoms with E-state index in [0.29, 0.717) is 5.57 Å². The first-order valence-corrected chi connectivity index (χ1v) is 8.52. The first-order chi connectivity index (χ1) is 10.7. The van der Waals surface area contributed by atoms with Gasteiger partial charge in [0.15, 0.2) is 0 Å². The second-order valence-electron chi connectivity index (χ2n) is 5.62. The van der Waals surface area contributed by atoms with E-state index in [2.05, 4.69) is 6.92 Å². The van der Waals surface area contributed by atoms with Crippen molar-refractivity contribution in [1.29, 1.82) is 0 Å². The van der Waals surface area contributed by atoms with Crippen LogP contribution in [0.1, 0.15) is 77.6 Å². The highest BCUT2D eigenvalue weighted by Gasteiger charge is 1.96. The molecule has 0 aliphatic rings. The number of hydrogen-bond acceptors (Lipinski definition) is 2. The second kappa shape index (κ2) is 15.8. The fourth-order valence-electron chi connectivity index (χ4n) is 2.28. The molecule has 124 valence electrons. The van der Waals surface area contributed by atoms with Gasteiger partial charge in [0.1, 0.15) is 5.94 Å². The Bertz CT molecular complexity index is 387. The minimum Gasteiger partial charge on any atom is -0.478 e. The fraction of sp³-hybridized carbons (Fsp3) is 0.632. The highest BCUT2D eigenvalue weighted by Crippen LogP contribution is 2.13. The number of carbonyl (C=O) groups is 1. The number of rotatable bonds is 14. The van der Waals surface area contributed by atoms with Crippen LogP contribution in [0.2, 0.25) is 0 Å². The third-order valence-corrected chi connectivity index (χ3v) is 3.58. The number of carboxylic acids is 1. The zero-order chi connectivity index (χ0) is 16.5. The summed E-state index contributed by atoms with van der Waals surface area (Å²) in [5.74, 6) is 0.930. The average molecular weight is 306 g/mol. The maximum Gasteiger partial charge on any atom is 0.328 e. The molecule has 22 heavy (non-hydrogen) atoms. The zero-order valence-corrected chi connectivity index (χ0v) is 13.9. The summed E-state index contributed by atoms with van der Waals surface area (Å²) in [6.45, 7) is 2.24. The Hall–Kier alpha value is -1.60. The second-order valence-corrected chi connectivity index (χ2v) is 5.62. The van der Waals surface area contributed by atoms with Crippen LogP contribution in [0.4, 0.5) is 0 Å². The molecule has 0 saturated heterocycles. The molecule has 3 nitrogen and oxygen atoms in total. The predicted molar refractivity (Wildman–Crippen MR) is 91.6 cm³/mol. The molecular formula is C19H30O3. The van der Waals surface area contributed by atoms with Crippen LogP contribution in [0, 0.1) is 0 Å². The largest absolute Gasteiger partial charge is 0.478 e. The molecule has 3 heteroatoms. The normalized spacial score (nSPS) is 11.1. The Morgan fingerprint density at radius 3 is 1.86 bits per heavy atom. The molecule has 0 unspecified atom stereocenters. The van der Waals surface area contributed by atoms with Crippen LogP contribution in [0.3, 0.4) is 0 Å². The molecule has 0 heterocycles. The van der Waals surface area contributed by atoms with Gasteiger partial charge in [0, 0.05) is 11.6 Å². The van der Waals surface area contributed by atoms with Gasteiger partial charge in [-0.2, -0.15) is 0 Å². The van der Waals surface area contributed by atoms with Crippen LogP contribution in [0.15, 0.2) is 29.9 Å². The first-order valence-electron chi connectivity index (χ1n) is 8.52. The van der Waals surface area contributed by atoms with Crippen LogP contribution in [0.5, 0.6) is 0 Å². The molecule has 0 aromatic rings. The van der Waals surface area contributed by atoms with Crippen molar-refractivity contribution in [2.75, 3.05) is 0 Å². The Kier molecular flexibility index (Phi) is 14.6. The summed E-state index contributed by atoms with van der Waals surface area (Å²) in [7, 11) is 0. The fourth-order valence-corrected chi connectivity index (χ4v) is 2.28. The third kappa shape index (κ3) is 14.8. The van der Waals surface area contributed by atoms with E-state index in [1.54, 1.807) is 12.2 Å². The quantitative estimate of drug-likeness (QED) is 0.206. The average Bonchev–Trinajstić information content (AvgIpc) is 2.50. The summed E-state index contributed by atoms with van der Waals surface area (Å²) in [6.07, 6.45) is 19.1. The maximum absolute atomic E-state index is 10.8. The van der Waals surface area contributed by atoms with Crippen molar-refractivity contribution in [3.05, 3.63) is 29.9 Å². The lowest BCUT2D eigenvalue weighted by Gasteiger charge is -2.02. The van der Waals surface area contributed by atoms with Gasteiger partial charge in [-0.1, -0.05) is 76.9 Å². The van der Waals surface area contributed by atoms with Gasteiger partial charge in [-0.05, 0) is 18.9 Å². The van der Waals surface area contributed by atoms with E-state index in [-0.39, 0.29) is 0 Å². The van der Waals surface area contributed by atoms with Crippen molar-refractivity contribution in [3.8, 4) is 0 Å². The molecule has 0 spiro atoms. The highest BCUT2D eigenvalue weighted by molar-refractivity contribution is 5.80. The number of carboxylic acid groups (broad SMARTS) is 1. The van der Waals surface area contributed by atoms with Crippen molar-refractivity contribution in [2.24, 2.45) is 0 Å². The molecule has 0 aromatic heterocycles. The number of hydrogen-bond donors (Lipinski definition) is 1. The minimum absolute atomic E-state index is 0.606. The SMILES string of the molecule is CCCCCCCCCCCCC(=C=O)C=CC=CC(=O)O. The molecule has 0 aliphatic heterocycles. The van der Waals surface area contributed by atoms with E-state index < -0.39 is 5.97 Å². The third-order valence-electron chi connectivity index (χ3n) is 3.58. The molecule has 0 fully saturated rings. The van der Waals surface area contributed by atoms with Crippen LogP contribution in [0.25, 0.3) is 0 Å². The van der Waals surface area contributed by atoms with Crippen LogP contribution >= 0.6 is 0 Å². The first kappa shape index (κ1) is 20.4. The molecule has 0 amide bonds. The van der Waals surface area contributed by atoms with Crippen LogP contribution < -0.4 is 0 Å². The topological polar surface area (TPSA) is 54.4 Å². The Labute approximate surface area is 134 Å². The van der Waals surface area contributed by atoms with Gasteiger partial charge in [0.2, 0.25) is 0 Å².